The fourth-order valence-corrected chi connectivity index (χ4v) is 5.45. The Labute approximate surface area is 170 Å². The number of hydrogen-bond acceptors (Lipinski definition) is 4. The zero-order chi connectivity index (χ0) is 21.3. The second-order valence-corrected chi connectivity index (χ2v) is 9.05. The molecule has 1 N–H and O–H groups in total. The second-order valence-electron chi connectivity index (χ2n) is 7.40. The van der Waals surface area contributed by atoms with Crippen molar-refractivity contribution in [1.29, 1.82) is 0 Å². The number of nitrogens with zero attached hydrogens (tertiary/aromatic N) is 2. The van der Waals surface area contributed by atoms with Crippen molar-refractivity contribution in [3.8, 4) is 0 Å². The Morgan fingerprint density at radius 2 is 1.83 bits per heavy atom. The summed E-state index contributed by atoms with van der Waals surface area (Å²) in [6.45, 7) is 7.63. The van der Waals surface area contributed by atoms with Crippen LogP contribution >= 0.6 is 0 Å². The van der Waals surface area contributed by atoms with Crippen LogP contribution in [-0.2, 0) is 16.6 Å². The highest BCUT2D eigenvalue weighted by Gasteiger charge is 2.30. The molecule has 3 aromatic rings. The Morgan fingerprint density at radius 3 is 2.48 bits per heavy atom. The first kappa shape index (κ1) is 21.0. The maximum atomic E-state index is 13.1. The lowest BCUT2D eigenvalue weighted by Crippen LogP contribution is -2.38. The Morgan fingerprint density at radius 1 is 1.14 bits per heavy atom. The van der Waals surface area contributed by atoms with Crippen LogP contribution in [0.5, 0.6) is 0 Å². The molecule has 1 unspecified atom stereocenters. The summed E-state index contributed by atoms with van der Waals surface area (Å²) in [5.74, 6) is 0. The molecule has 7 nitrogen and oxygen atoms in total. The van der Waals surface area contributed by atoms with Gasteiger partial charge in [-0.05, 0) is 49.9 Å². The Bertz CT molecular complexity index is 1180. The van der Waals surface area contributed by atoms with Gasteiger partial charge < -0.3 is 4.57 Å². The molecule has 2 aromatic carbocycles. The van der Waals surface area contributed by atoms with Gasteiger partial charge in [-0.25, -0.2) is 13.1 Å². The second kappa shape index (κ2) is 7.96. The SMILES string of the molecule is CCC(Cn1cc(C)c2ccccc21)NS(=O)(=O)c1c(C)cc(C)cc1[N+](=O)[O-]. The van der Waals surface area contributed by atoms with Crippen molar-refractivity contribution < 1.29 is 13.3 Å². The predicted molar refractivity (Wildman–Crippen MR) is 114 cm³/mol. The van der Waals surface area contributed by atoms with Gasteiger partial charge in [0.15, 0.2) is 4.90 Å². The van der Waals surface area contributed by atoms with Gasteiger partial charge in [0.1, 0.15) is 0 Å². The third-order valence-corrected chi connectivity index (χ3v) is 6.80. The minimum Gasteiger partial charge on any atom is -0.346 e. The van der Waals surface area contributed by atoms with Crippen LogP contribution in [0.3, 0.4) is 0 Å². The van der Waals surface area contributed by atoms with Crippen molar-refractivity contribution in [2.75, 3.05) is 0 Å². The average molecular weight is 416 g/mol. The van der Waals surface area contributed by atoms with E-state index in [1.54, 1.807) is 19.9 Å². The molecule has 0 saturated carbocycles. The van der Waals surface area contributed by atoms with Gasteiger partial charge in [-0.1, -0.05) is 31.2 Å². The molecular weight excluding hydrogens is 390 g/mol. The van der Waals surface area contributed by atoms with Crippen LogP contribution < -0.4 is 4.72 Å². The van der Waals surface area contributed by atoms with Crippen LogP contribution in [0.4, 0.5) is 5.69 Å². The summed E-state index contributed by atoms with van der Waals surface area (Å²) in [6, 6.07) is 10.5. The van der Waals surface area contributed by atoms with E-state index >= 15 is 0 Å². The molecule has 0 saturated heterocycles. The third-order valence-electron chi connectivity index (χ3n) is 5.08. The highest BCUT2D eigenvalue weighted by molar-refractivity contribution is 7.89. The molecule has 1 aromatic heterocycles. The number of nitrogens with one attached hydrogen (secondary N) is 1. The molecule has 0 aliphatic carbocycles. The van der Waals surface area contributed by atoms with Crippen molar-refractivity contribution in [3.63, 3.8) is 0 Å². The van der Waals surface area contributed by atoms with Crippen LogP contribution in [0.2, 0.25) is 0 Å². The number of sulfonamides is 1. The summed E-state index contributed by atoms with van der Waals surface area (Å²) < 4.78 is 30.9. The highest BCUT2D eigenvalue weighted by atomic mass is 32.2. The van der Waals surface area contributed by atoms with Gasteiger partial charge in [0.2, 0.25) is 10.0 Å². The average Bonchev–Trinajstić information content (AvgIpc) is 2.96. The molecule has 29 heavy (non-hydrogen) atoms. The molecule has 1 heterocycles. The van der Waals surface area contributed by atoms with Gasteiger partial charge in [0.05, 0.1) is 4.92 Å². The molecule has 0 bridgehead atoms. The predicted octanol–water partition coefficient (Wildman–Crippen LogP) is 4.23. The summed E-state index contributed by atoms with van der Waals surface area (Å²) >= 11 is 0. The molecule has 154 valence electrons. The van der Waals surface area contributed by atoms with Crippen LogP contribution in [0.1, 0.15) is 30.0 Å². The molecule has 1 atom stereocenters. The van der Waals surface area contributed by atoms with Crippen molar-refractivity contribution in [2.45, 2.75) is 51.6 Å². The number of nitro groups is 1. The largest absolute Gasteiger partial charge is 0.346 e. The van der Waals surface area contributed by atoms with Crippen molar-refractivity contribution in [3.05, 3.63) is 69.4 Å². The zero-order valence-electron chi connectivity index (χ0n) is 17.0. The number of nitro benzene ring substituents is 1. The Hall–Kier alpha value is -2.71. The van der Waals surface area contributed by atoms with Crippen molar-refractivity contribution >= 4 is 26.6 Å². The molecule has 0 fully saturated rings. The van der Waals surface area contributed by atoms with Gasteiger partial charge >= 0.3 is 0 Å². The lowest BCUT2D eigenvalue weighted by molar-refractivity contribution is -0.388. The summed E-state index contributed by atoms with van der Waals surface area (Å²) in [6.07, 6.45) is 2.55. The van der Waals surface area contributed by atoms with Gasteiger partial charge in [-0.2, -0.15) is 0 Å². The summed E-state index contributed by atoms with van der Waals surface area (Å²) in [5.41, 5.74) is 2.76. The van der Waals surface area contributed by atoms with Crippen molar-refractivity contribution in [2.24, 2.45) is 0 Å². The number of aryl methyl sites for hydroxylation is 3. The van der Waals surface area contributed by atoms with E-state index in [4.69, 9.17) is 0 Å². The quantitative estimate of drug-likeness (QED) is 0.461. The topological polar surface area (TPSA) is 94.2 Å². The maximum absolute atomic E-state index is 13.1. The number of fused-ring (bicyclic) bond motifs is 1. The minimum absolute atomic E-state index is 0.264. The van der Waals surface area contributed by atoms with E-state index in [2.05, 4.69) is 4.72 Å². The van der Waals surface area contributed by atoms with E-state index in [1.807, 2.05) is 48.9 Å². The normalized spacial score (nSPS) is 13.0. The number of para-hydroxylation sites is 1. The molecule has 0 radical (unpaired) electrons. The van der Waals surface area contributed by atoms with E-state index in [0.29, 0.717) is 24.1 Å². The fourth-order valence-electron chi connectivity index (χ4n) is 3.76. The molecule has 0 spiro atoms. The number of rotatable bonds is 7. The first-order valence-electron chi connectivity index (χ1n) is 9.46. The van der Waals surface area contributed by atoms with E-state index in [9.17, 15) is 18.5 Å². The number of aromatic nitrogens is 1. The van der Waals surface area contributed by atoms with Crippen molar-refractivity contribution in [1.82, 2.24) is 9.29 Å². The van der Waals surface area contributed by atoms with Gasteiger partial charge in [-0.3, -0.25) is 10.1 Å². The standard InChI is InChI=1S/C21H25N3O4S/c1-5-17(13-23-12-16(4)18-8-6-7-9-19(18)23)22-29(27,28)21-15(3)10-14(2)11-20(21)24(25)26/h6-12,17,22H,5,13H2,1-4H3. The van der Waals surface area contributed by atoms with Gasteiger partial charge in [0, 0.05) is 35.8 Å². The highest BCUT2D eigenvalue weighted by Crippen LogP contribution is 2.29. The Balaban J connectivity index is 1.96. The van der Waals surface area contributed by atoms with E-state index < -0.39 is 26.7 Å². The summed E-state index contributed by atoms with van der Waals surface area (Å²) in [7, 11) is -4.07. The van der Waals surface area contributed by atoms with E-state index in [-0.39, 0.29) is 4.90 Å². The van der Waals surface area contributed by atoms with Gasteiger partial charge in [-0.15, -0.1) is 0 Å². The van der Waals surface area contributed by atoms with E-state index in [1.165, 1.54) is 6.07 Å². The maximum Gasteiger partial charge on any atom is 0.289 e. The van der Waals surface area contributed by atoms with Crippen LogP contribution in [0.25, 0.3) is 10.9 Å². The number of hydrogen-bond donors (Lipinski definition) is 1. The molecule has 0 amide bonds. The summed E-state index contributed by atoms with van der Waals surface area (Å²) in [4.78, 5) is 10.6. The smallest absolute Gasteiger partial charge is 0.289 e. The number of benzene rings is 2. The van der Waals surface area contributed by atoms with Crippen LogP contribution in [-0.4, -0.2) is 24.0 Å². The summed E-state index contributed by atoms with van der Waals surface area (Å²) in [5, 5.41) is 12.6. The fraction of sp³-hybridized carbons (Fsp3) is 0.333. The molecule has 3 rings (SSSR count). The van der Waals surface area contributed by atoms with Gasteiger partial charge in [0.25, 0.3) is 5.69 Å². The van der Waals surface area contributed by atoms with Crippen LogP contribution in [0, 0.1) is 30.9 Å². The molecule has 8 heteroatoms. The Kier molecular flexibility index (Phi) is 5.77. The lowest BCUT2D eigenvalue weighted by atomic mass is 10.1. The van der Waals surface area contributed by atoms with Crippen LogP contribution in [0.15, 0.2) is 47.5 Å². The monoisotopic (exact) mass is 415 g/mol. The first-order valence-corrected chi connectivity index (χ1v) is 10.9. The molecule has 0 aliphatic heterocycles. The minimum atomic E-state index is -4.07. The lowest BCUT2D eigenvalue weighted by Gasteiger charge is -2.19. The van der Waals surface area contributed by atoms with E-state index in [0.717, 1.165) is 16.5 Å². The molecule has 0 aliphatic rings. The first-order chi connectivity index (χ1) is 13.6. The zero-order valence-corrected chi connectivity index (χ0v) is 17.8. The molecular formula is C21H25N3O4S. The third kappa shape index (κ3) is 4.18.